The van der Waals surface area contributed by atoms with E-state index in [9.17, 15) is 0 Å². The van der Waals surface area contributed by atoms with Crippen molar-refractivity contribution < 1.29 is 4.74 Å². The van der Waals surface area contributed by atoms with Crippen LogP contribution >= 0.6 is 34.8 Å². The summed E-state index contributed by atoms with van der Waals surface area (Å²) in [7, 11) is 0. The van der Waals surface area contributed by atoms with Crippen LogP contribution in [0.15, 0.2) is 30.3 Å². The molecule has 0 aromatic heterocycles. The van der Waals surface area contributed by atoms with Crippen molar-refractivity contribution in [2.75, 3.05) is 6.61 Å². The summed E-state index contributed by atoms with van der Waals surface area (Å²) < 4.78 is 5.41. The predicted octanol–water partition coefficient (Wildman–Crippen LogP) is 5.17. The minimum atomic E-state index is 0.370. The monoisotopic (exact) mass is 329 g/mol. The van der Waals surface area contributed by atoms with Gasteiger partial charge in [0.2, 0.25) is 0 Å². The summed E-state index contributed by atoms with van der Waals surface area (Å²) in [6.07, 6.45) is 0. The van der Waals surface area contributed by atoms with E-state index in [2.05, 4.69) is 0 Å². The summed E-state index contributed by atoms with van der Waals surface area (Å²) >= 11 is 18.6. The van der Waals surface area contributed by atoms with E-state index in [4.69, 9.17) is 45.3 Å². The maximum absolute atomic E-state index is 6.30. The molecule has 2 N–H and O–H groups in total. The van der Waals surface area contributed by atoms with Crippen LogP contribution in [0.3, 0.4) is 0 Å². The zero-order chi connectivity index (χ0) is 14.7. The second-order valence-corrected chi connectivity index (χ2v) is 5.43. The van der Waals surface area contributed by atoms with Gasteiger partial charge < -0.3 is 10.5 Å². The highest BCUT2D eigenvalue weighted by atomic mass is 35.5. The first-order valence-electron chi connectivity index (χ1n) is 6.17. The number of rotatable bonds is 4. The molecular formula is C15H14Cl3NO. The Morgan fingerprint density at radius 2 is 1.75 bits per heavy atom. The molecule has 0 fully saturated rings. The van der Waals surface area contributed by atoms with Crippen molar-refractivity contribution in [3.8, 4) is 16.9 Å². The molecule has 0 amide bonds. The van der Waals surface area contributed by atoms with E-state index in [0.717, 1.165) is 16.7 Å². The van der Waals surface area contributed by atoms with E-state index in [1.807, 2.05) is 19.1 Å². The summed E-state index contributed by atoms with van der Waals surface area (Å²) in [6, 6.07) is 9.12. The lowest BCUT2D eigenvalue weighted by Crippen LogP contribution is -1.98. The second kappa shape index (κ2) is 6.68. The molecular weight excluding hydrogens is 317 g/mol. The van der Waals surface area contributed by atoms with Crippen molar-refractivity contribution in [3.63, 3.8) is 0 Å². The van der Waals surface area contributed by atoms with Gasteiger partial charge in [-0.2, -0.15) is 0 Å². The Hall–Kier alpha value is -0.930. The van der Waals surface area contributed by atoms with Crippen LogP contribution in [0.2, 0.25) is 15.1 Å². The first kappa shape index (κ1) is 15.5. The van der Waals surface area contributed by atoms with Crippen molar-refractivity contribution in [1.29, 1.82) is 0 Å². The van der Waals surface area contributed by atoms with Crippen LogP contribution in [0.4, 0.5) is 0 Å². The minimum Gasteiger partial charge on any atom is -0.492 e. The zero-order valence-corrected chi connectivity index (χ0v) is 13.2. The molecule has 0 unspecified atom stereocenters. The molecule has 0 aliphatic carbocycles. The summed E-state index contributed by atoms with van der Waals surface area (Å²) in [5.41, 5.74) is 8.28. The average Bonchev–Trinajstić information content (AvgIpc) is 2.43. The van der Waals surface area contributed by atoms with Gasteiger partial charge in [0.15, 0.2) is 0 Å². The van der Waals surface area contributed by atoms with Crippen molar-refractivity contribution >= 4 is 34.8 Å². The number of benzene rings is 2. The lowest BCUT2D eigenvalue weighted by molar-refractivity contribution is 0.340. The second-order valence-electron chi connectivity index (χ2n) is 4.21. The van der Waals surface area contributed by atoms with E-state index < -0.39 is 0 Å². The molecule has 0 saturated carbocycles. The maximum Gasteiger partial charge on any atom is 0.139 e. The Bertz CT molecular complexity index is 629. The molecule has 0 heterocycles. The third-order valence-corrected chi connectivity index (χ3v) is 3.87. The molecule has 2 aromatic rings. The van der Waals surface area contributed by atoms with Gasteiger partial charge >= 0.3 is 0 Å². The van der Waals surface area contributed by atoms with Crippen molar-refractivity contribution in [2.24, 2.45) is 5.73 Å². The van der Waals surface area contributed by atoms with Gasteiger partial charge in [0.25, 0.3) is 0 Å². The van der Waals surface area contributed by atoms with E-state index in [1.165, 1.54) is 0 Å². The Labute approximate surface area is 133 Å². The Morgan fingerprint density at radius 3 is 2.40 bits per heavy atom. The third kappa shape index (κ3) is 3.21. The van der Waals surface area contributed by atoms with Crippen LogP contribution in [0.25, 0.3) is 11.1 Å². The molecule has 2 rings (SSSR count). The fraction of sp³-hybridized carbons (Fsp3) is 0.200. The van der Waals surface area contributed by atoms with Gasteiger partial charge in [0.05, 0.1) is 16.7 Å². The van der Waals surface area contributed by atoms with Crippen LogP contribution < -0.4 is 10.5 Å². The van der Waals surface area contributed by atoms with E-state index in [0.29, 0.717) is 34.0 Å². The van der Waals surface area contributed by atoms with Crippen molar-refractivity contribution in [2.45, 2.75) is 13.5 Å². The molecule has 2 aromatic carbocycles. The van der Waals surface area contributed by atoms with Crippen molar-refractivity contribution in [1.82, 2.24) is 0 Å². The highest BCUT2D eigenvalue weighted by Gasteiger charge is 2.11. The Balaban J connectivity index is 2.50. The summed E-state index contributed by atoms with van der Waals surface area (Å²) in [5.74, 6) is 0.580. The predicted molar refractivity (Wildman–Crippen MR) is 86.0 cm³/mol. The van der Waals surface area contributed by atoms with Gasteiger partial charge in [0.1, 0.15) is 5.75 Å². The lowest BCUT2D eigenvalue weighted by atomic mass is 10.0. The number of nitrogens with two attached hydrogens (primary N) is 1. The first-order chi connectivity index (χ1) is 9.56. The Morgan fingerprint density at radius 1 is 1.00 bits per heavy atom. The third-order valence-electron chi connectivity index (χ3n) is 2.90. The molecule has 0 aliphatic heterocycles. The summed E-state index contributed by atoms with van der Waals surface area (Å²) in [6.45, 7) is 2.80. The van der Waals surface area contributed by atoms with Gasteiger partial charge in [-0.3, -0.25) is 0 Å². The molecule has 0 atom stereocenters. The fourth-order valence-electron chi connectivity index (χ4n) is 1.91. The molecule has 0 radical (unpaired) electrons. The van der Waals surface area contributed by atoms with Gasteiger partial charge in [-0.25, -0.2) is 0 Å². The van der Waals surface area contributed by atoms with Crippen LogP contribution in [0, 0.1) is 0 Å². The maximum atomic E-state index is 6.30. The quantitative estimate of drug-likeness (QED) is 0.839. The fourth-order valence-corrected chi connectivity index (χ4v) is 2.59. The molecule has 5 heteroatoms. The molecule has 2 nitrogen and oxygen atoms in total. The number of ether oxygens (including phenoxy) is 1. The van der Waals surface area contributed by atoms with Crippen LogP contribution in [0.1, 0.15) is 12.5 Å². The van der Waals surface area contributed by atoms with Crippen molar-refractivity contribution in [3.05, 3.63) is 51.0 Å². The molecule has 20 heavy (non-hydrogen) atoms. The van der Waals surface area contributed by atoms with E-state index in [1.54, 1.807) is 18.2 Å². The Kier molecular flexibility index (Phi) is 5.17. The average molecular weight is 331 g/mol. The highest BCUT2D eigenvalue weighted by molar-refractivity contribution is 6.36. The van der Waals surface area contributed by atoms with Gasteiger partial charge in [0, 0.05) is 23.2 Å². The topological polar surface area (TPSA) is 35.2 Å². The first-order valence-corrected chi connectivity index (χ1v) is 7.31. The number of halogens is 3. The van der Waals surface area contributed by atoms with Gasteiger partial charge in [-0.05, 0) is 36.2 Å². The minimum absolute atomic E-state index is 0.370. The number of hydrogen-bond acceptors (Lipinski definition) is 2. The molecule has 0 spiro atoms. The summed E-state index contributed by atoms with van der Waals surface area (Å²) in [5, 5.41) is 1.74. The molecule has 106 valence electrons. The molecule has 0 saturated heterocycles. The highest BCUT2D eigenvalue weighted by Crippen LogP contribution is 2.37. The van der Waals surface area contributed by atoms with E-state index >= 15 is 0 Å². The largest absolute Gasteiger partial charge is 0.492 e. The van der Waals surface area contributed by atoms with Gasteiger partial charge in [-0.1, -0.05) is 40.9 Å². The molecule has 0 bridgehead atoms. The SMILES string of the molecule is CCOc1cc(Cl)c(-c2ccc(Cl)c(CN)c2)cc1Cl. The molecule has 0 aliphatic rings. The zero-order valence-electron chi connectivity index (χ0n) is 10.9. The normalized spacial score (nSPS) is 10.7. The smallest absolute Gasteiger partial charge is 0.139 e. The van der Waals surface area contributed by atoms with Crippen LogP contribution in [0.5, 0.6) is 5.75 Å². The van der Waals surface area contributed by atoms with Crippen LogP contribution in [-0.4, -0.2) is 6.61 Å². The standard InChI is InChI=1S/C15H14Cl3NO/c1-2-20-15-7-13(17)11(6-14(15)18)9-3-4-12(16)10(5-9)8-19/h3-7H,2,8,19H2,1H3. The lowest BCUT2D eigenvalue weighted by Gasteiger charge is -2.12. The van der Waals surface area contributed by atoms with Crippen LogP contribution in [-0.2, 0) is 6.54 Å². The van der Waals surface area contributed by atoms with E-state index in [-0.39, 0.29) is 0 Å². The number of hydrogen-bond donors (Lipinski definition) is 1. The van der Waals surface area contributed by atoms with Gasteiger partial charge in [-0.15, -0.1) is 0 Å². The summed E-state index contributed by atoms with van der Waals surface area (Å²) in [4.78, 5) is 0.